The SMILES string of the molecule is CCCCCCCCCCCCOc1cc(OC)ccc1OCC(=O)Nc1cccc(C[n+]2csc(C)c2)c1. The number of rotatable bonds is 19. The second-order valence-electron chi connectivity index (χ2n) is 10.0. The summed E-state index contributed by atoms with van der Waals surface area (Å²) in [5.41, 5.74) is 3.97. The van der Waals surface area contributed by atoms with Crippen LogP contribution in [-0.2, 0) is 11.3 Å². The average Bonchev–Trinajstić information content (AvgIpc) is 3.35. The van der Waals surface area contributed by atoms with Gasteiger partial charge in [-0.15, -0.1) is 0 Å². The maximum absolute atomic E-state index is 12.6. The van der Waals surface area contributed by atoms with Crippen LogP contribution in [0.5, 0.6) is 17.2 Å². The van der Waals surface area contributed by atoms with Crippen LogP contribution in [0.2, 0.25) is 0 Å². The van der Waals surface area contributed by atoms with Gasteiger partial charge in [0.25, 0.3) is 5.91 Å². The zero-order valence-corrected chi connectivity index (χ0v) is 24.7. The Kier molecular flexibility index (Phi) is 13.7. The van der Waals surface area contributed by atoms with Gasteiger partial charge >= 0.3 is 0 Å². The van der Waals surface area contributed by atoms with Crippen molar-refractivity contribution in [1.82, 2.24) is 0 Å². The number of nitrogens with zero attached hydrogens (tertiary/aromatic N) is 1. The molecular weight excluding hydrogens is 508 g/mol. The monoisotopic (exact) mass is 553 g/mol. The van der Waals surface area contributed by atoms with Crippen LogP contribution in [0.25, 0.3) is 0 Å². The van der Waals surface area contributed by atoms with Gasteiger partial charge in [0.2, 0.25) is 5.51 Å². The first kappa shape index (κ1) is 30.5. The normalized spacial score (nSPS) is 10.8. The van der Waals surface area contributed by atoms with Gasteiger partial charge in [0.05, 0.1) is 18.6 Å². The number of anilines is 1. The zero-order chi connectivity index (χ0) is 27.7. The summed E-state index contributed by atoms with van der Waals surface area (Å²) in [7, 11) is 1.63. The number of unbranched alkanes of at least 4 members (excludes halogenated alkanes) is 9. The van der Waals surface area contributed by atoms with Crippen molar-refractivity contribution < 1.29 is 23.6 Å². The number of aromatic nitrogens is 1. The molecule has 0 bridgehead atoms. The summed E-state index contributed by atoms with van der Waals surface area (Å²) < 4.78 is 19.4. The summed E-state index contributed by atoms with van der Waals surface area (Å²) >= 11 is 1.72. The number of aryl methyl sites for hydroxylation is 1. The van der Waals surface area contributed by atoms with Crippen molar-refractivity contribution in [3.63, 3.8) is 0 Å². The zero-order valence-electron chi connectivity index (χ0n) is 23.9. The molecule has 212 valence electrons. The fraction of sp³-hybridized carbons (Fsp3) is 0.500. The molecule has 1 N–H and O–H groups in total. The fourth-order valence-corrected chi connectivity index (χ4v) is 5.08. The van der Waals surface area contributed by atoms with Gasteiger partial charge in [-0.2, -0.15) is 4.57 Å². The summed E-state index contributed by atoms with van der Waals surface area (Å²) in [6, 6.07) is 13.3. The summed E-state index contributed by atoms with van der Waals surface area (Å²) in [5, 5.41) is 2.94. The van der Waals surface area contributed by atoms with E-state index in [1.54, 1.807) is 24.5 Å². The number of carbonyl (C=O) groups is 1. The first-order valence-electron chi connectivity index (χ1n) is 14.3. The highest BCUT2D eigenvalue weighted by Gasteiger charge is 2.12. The number of hydrogen-bond acceptors (Lipinski definition) is 5. The Morgan fingerprint density at radius 3 is 2.33 bits per heavy atom. The lowest BCUT2D eigenvalue weighted by atomic mass is 10.1. The molecule has 0 aliphatic carbocycles. The third-order valence-corrected chi connectivity index (χ3v) is 7.42. The highest BCUT2D eigenvalue weighted by Crippen LogP contribution is 2.32. The molecule has 0 aliphatic rings. The molecule has 7 heteroatoms. The minimum absolute atomic E-state index is 0.107. The summed E-state index contributed by atoms with van der Waals surface area (Å²) in [6.45, 7) is 5.61. The molecule has 0 fully saturated rings. The predicted octanol–water partition coefficient (Wildman–Crippen LogP) is 7.72. The van der Waals surface area contributed by atoms with Gasteiger partial charge in [-0.25, -0.2) is 0 Å². The van der Waals surface area contributed by atoms with E-state index >= 15 is 0 Å². The van der Waals surface area contributed by atoms with E-state index in [-0.39, 0.29) is 12.5 Å². The number of thiazole rings is 1. The average molecular weight is 554 g/mol. The van der Waals surface area contributed by atoms with Crippen LogP contribution in [0, 0.1) is 6.92 Å². The lowest BCUT2D eigenvalue weighted by Crippen LogP contribution is -2.30. The van der Waals surface area contributed by atoms with E-state index in [4.69, 9.17) is 14.2 Å². The highest BCUT2D eigenvalue weighted by molar-refractivity contribution is 7.09. The largest absolute Gasteiger partial charge is 0.497 e. The minimum atomic E-state index is -0.220. The molecule has 0 radical (unpaired) electrons. The van der Waals surface area contributed by atoms with Crippen molar-refractivity contribution in [2.45, 2.75) is 84.6 Å². The Balaban J connectivity index is 1.41. The lowest BCUT2D eigenvalue weighted by Gasteiger charge is -2.14. The topological polar surface area (TPSA) is 60.7 Å². The molecule has 1 amide bonds. The van der Waals surface area contributed by atoms with E-state index < -0.39 is 0 Å². The molecule has 1 heterocycles. The summed E-state index contributed by atoms with van der Waals surface area (Å²) in [6.07, 6.45) is 14.9. The number of amides is 1. The van der Waals surface area contributed by atoms with Crippen molar-refractivity contribution in [3.05, 3.63) is 64.6 Å². The number of ether oxygens (including phenoxy) is 3. The molecule has 3 rings (SSSR count). The first-order valence-corrected chi connectivity index (χ1v) is 15.2. The third kappa shape index (κ3) is 11.7. The van der Waals surface area contributed by atoms with Crippen LogP contribution in [0.4, 0.5) is 5.69 Å². The second kappa shape index (κ2) is 17.5. The molecular formula is C32H45N2O4S+. The Morgan fingerprint density at radius 1 is 0.897 bits per heavy atom. The molecule has 0 saturated heterocycles. The minimum Gasteiger partial charge on any atom is -0.497 e. The fourth-order valence-electron chi connectivity index (χ4n) is 4.45. The molecule has 0 unspecified atom stereocenters. The molecule has 0 aliphatic heterocycles. The maximum Gasteiger partial charge on any atom is 0.262 e. The Hall–Kier alpha value is -3.06. The third-order valence-electron chi connectivity index (χ3n) is 6.56. The quantitative estimate of drug-likeness (QED) is 0.122. The smallest absolute Gasteiger partial charge is 0.262 e. The van der Waals surface area contributed by atoms with Crippen molar-refractivity contribution >= 4 is 22.9 Å². The van der Waals surface area contributed by atoms with Gasteiger partial charge in [-0.3, -0.25) is 4.79 Å². The lowest BCUT2D eigenvalue weighted by molar-refractivity contribution is -0.683. The Bertz CT molecular complexity index is 1130. The van der Waals surface area contributed by atoms with Crippen LogP contribution in [0.3, 0.4) is 0 Å². The van der Waals surface area contributed by atoms with Crippen LogP contribution < -0.4 is 24.1 Å². The summed E-state index contributed by atoms with van der Waals surface area (Å²) in [5.74, 6) is 1.61. The second-order valence-corrected chi connectivity index (χ2v) is 11.1. The predicted molar refractivity (Wildman–Crippen MR) is 159 cm³/mol. The standard InChI is InChI=1S/C32H44N2O4S/c1-4-5-6-7-8-9-10-11-12-13-19-37-31-21-29(36-3)17-18-30(31)38-24-32(35)33-28-16-14-15-27(20-28)23-34-22-26(2)39-25-34/h14-18,20-22,25H,4-13,19,23-24H2,1-3H3/p+1. The molecule has 1 aromatic heterocycles. The van der Waals surface area contributed by atoms with Crippen molar-refractivity contribution in [2.75, 3.05) is 25.6 Å². The molecule has 0 saturated carbocycles. The highest BCUT2D eigenvalue weighted by atomic mass is 32.1. The molecule has 0 atom stereocenters. The van der Waals surface area contributed by atoms with Crippen molar-refractivity contribution in [2.24, 2.45) is 0 Å². The molecule has 3 aromatic rings. The molecule has 6 nitrogen and oxygen atoms in total. The van der Waals surface area contributed by atoms with E-state index in [0.717, 1.165) is 30.6 Å². The van der Waals surface area contributed by atoms with E-state index in [1.165, 1.54) is 56.2 Å². The van der Waals surface area contributed by atoms with Gasteiger partial charge in [0.15, 0.2) is 30.8 Å². The van der Waals surface area contributed by atoms with Gasteiger partial charge < -0.3 is 19.5 Å². The first-order chi connectivity index (χ1) is 19.1. The van der Waals surface area contributed by atoms with Gasteiger partial charge in [0, 0.05) is 17.3 Å². The van der Waals surface area contributed by atoms with Crippen LogP contribution in [0.15, 0.2) is 54.2 Å². The van der Waals surface area contributed by atoms with Gasteiger partial charge in [-0.05, 0) is 37.6 Å². The van der Waals surface area contributed by atoms with Crippen LogP contribution >= 0.6 is 11.3 Å². The Labute approximate surface area is 238 Å². The number of benzene rings is 2. The van der Waals surface area contributed by atoms with Crippen molar-refractivity contribution in [3.8, 4) is 17.2 Å². The van der Waals surface area contributed by atoms with E-state index in [2.05, 4.69) is 41.5 Å². The molecule has 39 heavy (non-hydrogen) atoms. The molecule has 2 aromatic carbocycles. The van der Waals surface area contributed by atoms with E-state index in [9.17, 15) is 4.79 Å². The maximum atomic E-state index is 12.6. The number of methoxy groups -OCH3 is 1. The van der Waals surface area contributed by atoms with Gasteiger partial charge in [-0.1, -0.05) is 88.2 Å². The van der Waals surface area contributed by atoms with Gasteiger partial charge in [0.1, 0.15) is 5.75 Å². The number of hydrogen-bond donors (Lipinski definition) is 1. The number of nitrogens with one attached hydrogen (secondary N) is 1. The number of carbonyl (C=O) groups excluding carboxylic acids is 1. The van der Waals surface area contributed by atoms with Crippen LogP contribution in [0.1, 0.15) is 81.6 Å². The van der Waals surface area contributed by atoms with E-state index in [1.807, 2.05) is 30.3 Å². The van der Waals surface area contributed by atoms with Crippen LogP contribution in [-0.4, -0.2) is 26.2 Å². The van der Waals surface area contributed by atoms with E-state index in [0.29, 0.717) is 23.9 Å². The molecule has 0 spiro atoms. The summed E-state index contributed by atoms with van der Waals surface area (Å²) in [4.78, 5) is 13.9. The van der Waals surface area contributed by atoms with Crippen molar-refractivity contribution in [1.29, 1.82) is 0 Å². The Morgan fingerprint density at radius 2 is 1.64 bits per heavy atom.